The number of piperidine rings is 1. The van der Waals surface area contributed by atoms with E-state index >= 15 is 0 Å². The predicted octanol–water partition coefficient (Wildman–Crippen LogP) is 0.881. The van der Waals surface area contributed by atoms with Gasteiger partial charge in [-0.2, -0.15) is 0 Å². The Morgan fingerprint density at radius 3 is 2.16 bits per heavy atom. The topological polar surface area (TPSA) is 38.8 Å². The molecule has 0 aliphatic carbocycles. The lowest BCUT2D eigenvalue weighted by Crippen LogP contribution is -2.54. The number of likely N-dealkylation sites (N-methyl/N-ethyl adjacent to an activating group) is 1. The van der Waals surface area contributed by atoms with Crippen LogP contribution >= 0.6 is 24.8 Å². The average molecular weight is 313 g/mol. The second kappa shape index (κ2) is 8.84. The van der Waals surface area contributed by atoms with Crippen molar-refractivity contribution in [1.29, 1.82) is 0 Å². The van der Waals surface area contributed by atoms with Crippen molar-refractivity contribution < 1.29 is 4.79 Å². The van der Waals surface area contributed by atoms with Crippen molar-refractivity contribution in [2.45, 2.75) is 18.9 Å². The van der Waals surface area contributed by atoms with Crippen LogP contribution in [-0.4, -0.2) is 80.1 Å². The van der Waals surface area contributed by atoms with Gasteiger partial charge in [-0.15, -0.1) is 24.8 Å². The molecule has 5 nitrogen and oxygen atoms in total. The van der Waals surface area contributed by atoms with Gasteiger partial charge >= 0.3 is 6.03 Å². The maximum Gasteiger partial charge on any atom is 0.320 e. The lowest BCUT2D eigenvalue weighted by Gasteiger charge is -2.38. The standard InChI is InChI=1S/C12H24N4O.2ClH/c1-14-7-9-16(10-8-14)12(17)15(2)11-3-5-13-6-4-11;;/h11,13H,3-10H2,1-2H3;2*1H. The second-order valence-corrected chi connectivity index (χ2v) is 5.16. The number of piperazine rings is 1. The number of rotatable bonds is 1. The van der Waals surface area contributed by atoms with Gasteiger partial charge in [0, 0.05) is 39.3 Å². The van der Waals surface area contributed by atoms with Crippen molar-refractivity contribution in [3.63, 3.8) is 0 Å². The van der Waals surface area contributed by atoms with E-state index in [1.165, 1.54) is 0 Å². The Morgan fingerprint density at radius 2 is 1.63 bits per heavy atom. The van der Waals surface area contributed by atoms with Crippen LogP contribution in [0, 0.1) is 0 Å². The Labute approximate surface area is 128 Å². The molecular formula is C12H26Cl2N4O. The Bertz CT molecular complexity index is 266. The van der Waals surface area contributed by atoms with Crippen molar-refractivity contribution in [2.75, 3.05) is 53.4 Å². The van der Waals surface area contributed by atoms with Gasteiger partial charge in [-0.25, -0.2) is 4.79 Å². The highest BCUT2D eigenvalue weighted by atomic mass is 35.5. The molecule has 0 aromatic heterocycles. The van der Waals surface area contributed by atoms with Crippen LogP contribution in [0.15, 0.2) is 0 Å². The molecule has 1 N–H and O–H groups in total. The molecule has 19 heavy (non-hydrogen) atoms. The number of halogens is 2. The minimum absolute atomic E-state index is 0. The number of hydrogen-bond donors (Lipinski definition) is 1. The molecular weight excluding hydrogens is 287 g/mol. The Kier molecular flexibility index (Phi) is 8.74. The van der Waals surface area contributed by atoms with Crippen LogP contribution in [-0.2, 0) is 0 Å². The zero-order valence-electron chi connectivity index (χ0n) is 11.8. The summed E-state index contributed by atoms with van der Waals surface area (Å²) in [4.78, 5) is 18.5. The number of urea groups is 1. The van der Waals surface area contributed by atoms with Gasteiger partial charge in [0.2, 0.25) is 0 Å². The number of carbonyl (C=O) groups is 1. The van der Waals surface area contributed by atoms with Gasteiger partial charge in [0.05, 0.1) is 0 Å². The zero-order valence-corrected chi connectivity index (χ0v) is 13.4. The first-order valence-corrected chi connectivity index (χ1v) is 6.59. The van der Waals surface area contributed by atoms with Gasteiger partial charge < -0.3 is 20.0 Å². The third kappa shape index (κ3) is 4.99. The minimum Gasteiger partial charge on any atom is -0.325 e. The van der Waals surface area contributed by atoms with Crippen LogP contribution in [0.25, 0.3) is 0 Å². The van der Waals surface area contributed by atoms with E-state index in [9.17, 15) is 4.79 Å². The molecule has 2 fully saturated rings. The Morgan fingerprint density at radius 1 is 1.11 bits per heavy atom. The molecule has 2 rings (SSSR count). The average Bonchev–Trinajstić information content (AvgIpc) is 2.39. The number of nitrogens with one attached hydrogen (secondary N) is 1. The van der Waals surface area contributed by atoms with E-state index in [2.05, 4.69) is 17.3 Å². The van der Waals surface area contributed by atoms with Gasteiger partial charge in [0.15, 0.2) is 0 Å². The molecule has 0 aromatic rings. The first kappa shape index (κ1) is 18.8. The highest BCUT2D eigenvalue weighted by molar-refractivity contribution is 5.85. The van der Waals surface area contributed by atoms with E-state index in [1.807, 2.05) is 16.8 Å². The molecule has 0 radical (unpaired) electrons. The van der Waals surface area contributed by atoms with E-state index in [4.69, 9.17) is 0 Å². The molecule has 2 aliphatic heterocycles. The molecule has 7 heteroatoms. The first-order valence-electron chi connectivity index (χ1n) is 6.59. The SMILES string of the molecule is CN1CCN(C(=O)N(C)C2CCNCC2)CC1.Cl.Cl. The highest BCUT2D eigenvalue weighted by Crippen LogP contribution is 2.13. The summed E-state index contributed by atoms with van der Waals surface area (Å²) in [5.74, 6) is 0. The van der Waals surface area contributed by atoms with E-state index < -0.39 is 0 Å². The van der Waals surface area contributed by atoms with Crippen molar-refractivity contribution in [1.82, 2.24) is 20.0 Å². The quantitative estimate of drug-likeness (QED) is 0.781. The monoisotopic (exact) mass is 312 g/mol. The van der Waals surface area contributed by atoms with Crippen LogP contribution < -0.4 is 5.32 Å². The molecule has 2 heterocycles. The second-order valence-electron chi connectivity index (χ2n) is 5.16. The van der Waals surface area contributed by atoms with Crippen molar-refractivity contribution in [2.24, 2.45) is 0 Å². The Hall–Kier alpha value is -0.230. The van der Waals surface area contributed by atoms with Gasteiger partial charge in [-0.05, 0) is 33.0 Å². The number of nitrogens with zero attached hydrogens (tertiary/aromatic N) is 3. The van der Waals surface area contributed by atoms with E-state index in [0.29, 0.717) is 6.04 Å². The summed E-state index contributed by atoms with van der Waals surface area (Å²) >= 11 is 0. The smallest absolute Gasteiger partial charge is 0.320 e. The zero-order chi connectivity index (χ0) is 12.3. The summed E-state index contributed by atoms with van der Waals surface area (Å²) in [5, 5.41) is 3.34. The van der Waals surface area contributed by atoms with Crippen LogP contribution in [0.1, 0.15) is 12.8 Å². The molecule has 2 aliphatic rings. The normalized spacial score (nSPS) is 21.3. The van der Waals surface area contributed by atoms with Crippen LogP contribution in [0.4, 0.5) is 4.79 Å². The predicted molar refractivity (Wildman–Crippen MR) is 82.6 cm³/mol. The fourth-order valence-corrected chi connectivity index (χ4v) is 2.57. The van der Waals surface area contributed by atoms with E-state index in [1.54, 1.807) is 0 Å². The molecule has 2 saturated heterocycles. The molecule has 0 saturated carbocycles. The number of amides is 2. The minimum atomic E-state index is 0. The lowest BCUT2D eigenvalue weighted by atomic mass is 10.1. The molecule has 0 spiro atoms. The van der Waals surface area contributed by atoms with Gasteiger partial charge in [0.1, 0.15) is 0 Å². The first-order chi connectivity index (χ1) is 8.18. The van der Waals surface area contributed by atoms with Crippen LogP contribution in [0.5, 0.6) is 0 Å². The third-order valence-corrected chi connectivity index (χ3v) is 3.93. The number of hydrogen-bond acceptors (Lipinski definition) is 3. The van der Waals surface area contributed by atoms with Gasteiger partial charge in [0.25, 0.3) is 0 Å². The maximum absolute atomic E-state index is 12.3. The fraction of sp³-hybridized carbons (Fsp3) is 0.917. The van der Waals surface area contributed by atoms with Gasteiger partial charge in [-0.3, -0.25) is 0 Å². The maximum atomic E-state index is 12.3. The number of carbonyl (C=O) groups excluding carboxylic acids is 1. The molecule has 2 amide bonds. The fourth-order valence-electron chi connectivity index (χ4n) is 2.57. The molecule has 0 bridgehead atoms. The van der Waals surface area contributed by atoms with Crippen LogP contribution in [0.3, 0.4) is 0 Å². The lowest BCUT2D eigenvalue weighted by molar-refractivity contribution is 0.111. The van der Waals surface area contributed by atoms with E-state index in [-0.39, 0.29) is 30.8 Å². The molecule has 0 aromatic carbocycles. The summed E-state index contributed by atoms with van der Waals surface area (Å²) in [6.07, 6.45) is 2.16. The van der Waals surface area contributed by atoms with Crippen molar-refractivity contribution in [3.8, 4) is 0 Å². The largest absolute Gasteiger partial charge is 0.325 e. The molecule has 0 atom stereocenters. The van der Waals surface area contributed by atoms with E-state index in [0.717, 1.165) is 52.1 Å². The van der Waals surface area contributed by atoms with Crippen molar-refractivity contribution in [3.05, 3.63) is 0 Å². The van der Waals surface area contributed by atoms with Crippen molar-refractivity contribution >= 4 is 30.8 Å². The summed E-state index contributed by atoms with van der Waals surface area (Å²) in [6.45, 7) is 5.78. The summed E-state index contributed by atoms with van der Waals surface area (Å²) in [6, 6.07) is 0.633. The Balaban J connectivity index is 0.00000162. The molecule has 0 unspecified atom stereocenters. The summed E-state index contributed by atoms with van der Waals surface area (Å²) in [7, 11) is 4.06. The van der Waals surface area contributed by atoms with Gasteiger partial charge in [-0.1, -0.05) is 0 Å². The molecule has 114 valence electrons. The van der Waals surface area contributed by atoms with Crippen LogP contribution in [0.2, 0.25) is 0 Å². The third-order valence-electron chi connectivity index (χ3n) is 3.93. The summed E-state index contributed by atoms with van der Waals surface area (Å²) < 4.78 is 0. The highest BCUT2D eigenvalue weighted by Gasteiger charge is 2.27. The summed E-state index contributed by atoms with van der Waals surface area (Å²) in [5.41, 5.74) is 0.